The second-order valence-corrected chi connectivity index (χ2v) is 5.69. The molecule has 0 aliphatic rings. The summed E-state index contributed by atoms with van der Waals surface area (Å²) >= 11 is 1.56. The molecule has 1 aromatic carbocycles. The average molecular weight is 310 g/mol. The van der Waals surface area contributed by atoms with Crippen LogP contribution in [0.4, 0.5) is 10.5 Å². The molecule has 1 rings (SSSR count). The van der Waals surface area contributed by atoms with Crippen LogP contribution in [0.2, 0.25) is 0 Å². The van der Waals surface area contributed by atoms with Gasteiger partial charge in [-0.3, -0.25) is 4.90 Å². The molecule has 0 saturated carbocycles. The van der Waals surface area contributed by atoms with Crippen molar-refractivity contribution in [3.8, 4) is 0 Å². The Kier molecular flexibility index (Phi) is 7.08. The molecule has 5 nitrogen and oxygen atoms in total. The van der Waals surface area contributed by atoms with Crippen LogP contribution in [-0.4, -0.2) is 42.2 Å². The number of thioether (sulfide) groups is 1. The second-order valence-electron chi connectivity index (χ2n) is 4.70. The molecule has 0 fully saturated rings. The number of aryl methyl sites for hydroxylation is 1. The smallest absolute Gasteiger partial charge is 0.326 e. The van der Waals surface area contributed by atoms with Crippen molar-refractivity contribution >= 4 is 29.4 Å². The summed E-state index contributed by atoms with van der Waals surface area (Å²) in [5.41, 5.74) is 1.93. The number of rotatable bonds is 7. The van der Waals surface area contributed by atoms with E-state index in [1.807, 2.05) is 30.5 Å². The van der Waals surface area contributed by atoms with E-state index >= 15 is 0 Å². The van der Waals surface area contributed by atoms with Crippen LogP contribution in [-0.2, 0) is 11.2 Å². The zero-order valence-corrected chi connectivity index (χ0v) is 13.4. The van der Waals surface area contributed by atoms with Crippen molar-refractivity contribution in [1.29, 1.82) is 0 Å². The molecule has 2 N–H and O–H groups in total. The molecule has 1 atom stereocenters. The quantitative estimate of drug-likeness (QED) is 0.812. The first-order valence-electron chi connectivity index (χ1n) is 6.84. The topological polar surface area (TPSA) is 69.6 Å². The molecule has 1 unspecified atom stereocenters. The lowest BCUT2D eigenvalue weighted by atomic mass is 10.1. The normalized spacial score (nSPS) is 11.8. The van der Waals surface area contributed by atoms with Gasteiger partial charge >= 0.3 is 12.0 Å². The molecule has 0 aliphatic carbocycles. The molecular weight excluding hydrogens is 288 g/mol. The first-order chi connectivity index (χ1) is 9.99. The average Bonchev–Trinajstić information content (AvgIpc) is 2.50. The van der Waals surface area contributed by atoms with Crippen LogP contribution < -0.4 is 10.2 Å². The van der Waals surface area contributed by atoms with E-state index in [-0.39, 0.29) is 0 Å². The summed E-state index contributed by atoms with van der Waals surface area (Å²) in [6.45, 7) is 2.06. The predicted octanol–water partition coefficient (Wildman–Crippen LogP) is 2.60. The lowest BCUT2D eigenvalue weighted by molar-refractivity contribution is -0.139. The summed E-state index contributed by atoms with van der Waals surface area (Å²) in [6, 6.07) is 6.37. The molecule has 2 amide bonds. The fourth-order valence-electron chi connectivity index (χ4n) is 1.81. The van der Waals surface area contributed by atoms with Crippen LogP contribution in [0.5, 0.6) is 0 Å². The number of carbonyl (C=O) groups is 2. The monoisotopic (exact) mass is 310 g/mol. The third-order valence-electron chi connectivity index (χ3n) is 3.24. The lowest BCUT2D eigenvalue weighted by Gasteiger charge is -2.21. The molecule has 1 aromatic rings. The third kappa shape index (κ3) is 5.30. The fraction of sp³-hybridized carbons (Fsp3) is 0.467. The predicted molar refractivity (Wildman–Crippen MR) is 87.2 cm³/mol. The van der Waals surface area contributed by atoms with E-state index in [1.165, 1.54) is 10.5 Å². The van der Waals surface area contributed by atoms with Gasteiger partial charge in [-0.2, -0.15) is 11.8 Å². The Labute approximate surface area is 129 Å². The molecule has 0 aliphatic heterocycles. The number of carboxylic acid groups (broad SMARTS) is 1. The maximum atomic E-state index is 12.1. The third-order valence-corrected chi connectivity index (χ3v) is 3.89. The standard InChI is InChI=1S/C15H22N2O3S/c1-4-11-5-7-12(8-6-11)17(2)15(20)16-13(14(18)19)9-10-21-3/h5-8,13H,4,9-10H2,1-3H3,(H,16,20)(H,18,19). The molecule has 0 heterocycles. The number of aliphatic carboxylic acids is 1. The molecule has 0 saturated heterocycles. The number of hydrogen-bond acceptors (Lipinski definition) is 3. The number of anilines is 1. The van der Waals surface area contributed by atoms with Gasteiger partial charge in [0, 0.05) is 12.7 Å². The van der Waals surface area contributed by atoms with E-state index in [0.29, 0.717) is 12.2 Å². The Balaban J connectivity index is 2.69. The summed E-state index contributed by atoms with van der Waals surface area (Å²) in [5, 5.41) is 11.7. The summed E-state index contributed by atoms with van der Waals surface area (Å²) < 4.78 is 0. The van der Waals surface area contributed by atoms with E-state index in [0.717, 1.165) is 12.1 Å². The van der Waals surface area contributed by atoms with Crippen LogP contribution in [0.25, 0.3) is 0 Å². The van der Waals surface area contributed by atoms with Crippen molar-refractivity contribution in [3.63, 3.8) is 0 Å². The molecule has 21 heavy (non-hydrogen) atoms. The first-order valence-corrected chi connectivity index (χ1v) is 8.23. The summed E-state index contributed by atoms with van der Waals surface area (Å²) in [7, 11) is 1.63. The fourth-order valence-corrected chi connectivity index (χ4v) is 2.28. The molecule has 0 spiro atoms. The summed E-state index contributed by atoms with van der Waals surface area (Å²) in [5.74, 6) is -0.321. The van der Waals surface area contributed by atoms with Crippen molar-refractivity contribution in [2.24, 2.45) is 0 Å². The van der Waals surface area contributed by atoms with Crippen molar-refractivity contribution in [2.45, 2.75) is 25.8 Å². The summed E-state index contributed by atoms with van der Waals surface area (Å²) in [4.78, 5) is 24.7. The van der Waals surface area contributed by atoms with Gasteiger partial charge in [0.05, 0.1) is 0 Å². The Hall–Kier alpha value is -1.69. The Morgan fingerprint density at radius 2 is 1.95 bits per heavy atom. The maximum absolute atomic E-state index is 12.1. The SMILES string of the molecule is CCc1ccc(N(C)C(=O)NC(CCSC)C(=O)O)cc1. The van der Waals surface area contributed by atoms with Crippen molar-refractivity contribution in [1.82, 2.24) is 5.32 Å². The first kappa shape index (κ1) is 17.4. The molecular formula is C15H22N2O3S. The van der Waals surface area contributed by atoms with Gasteiger partial charge in [0.1, 0.15) is 6.04 Å². The van der Waals surface area contributed by atoms with Crippen LogP contribution >= 0.6 is 11.8 Å². The molecule has 0 radical (unpaired) electrons. The summed E-state index contributed by atoms with van der Waals surface area (Å²) in [6.07, 6.45) is 3.25. The van der Waals surface area contributed by atoms with Gasteiger partial charge in [-0.05, 0) is 42.5 Å². The highest BCUT2D eigenvalue weighted by atomic mass is 32.2. The van der Waals surface area contributed by atoms with Crippen LogP contribution in [0.3, 0.4) is 0 Å². The zero-order chi connectivity index (χ0) is 15.8. The number of hydrogen-bond donors (Lipinski definition) is 2. The number of amides is 2. The Morgan fingerprint density at radius 1 is 1.33 bits per heavy atom. The largest absolute Gasteiger partial charge is 0.480 e. The van der Waals surface area contributed by atoms with E-state index < -0.39 is 18.0 Å². The van der Waals surface area contributed by atoms with E-state index in [2.05, 4.69) is 12.2 Å². The van der Waals surface area contributed by atoms with Gasteiger partial charge < -0.3 is 10.4 Å². The molecule has 0 bridgehead atoms. The minimum absolute atomic E-state index is 0.408. The number of nitrogens with zero attached hydrogens (tertiary/aromatic N) is 1. The maximum Gasteiger partial charge on any atom is 0.326 e. The number of carboxylic acids is 1. The number of benzene rings is 1. The van der Waals surface area contributed by atoms with E-state index in [9.17, 15) is 9.59 Å². The second kappa shape index (κ2) is 8.56. The molecule has 116 valence electrons. The van der Waals surface area contributed by atoms with E-state index in [4.69, 9.17) is 5.11 Å². The number of carbonyl (C=O) groups excluding carboxylic acids is 1. The van der Waals surface area contributed by atoms with E-state index in [1.54, 1.807) is 18.8 Å². The van der Waals surface area contributed by atoms with Crippen molar-refractivity contribution in [3.05, 3.63) is 29.8 Å². The van der Waals surface area contributed by atoms with Crippen molar-refractivity contribution < 1.29 is 14.7 Å². The van der Waals surface area contributed by atoms with Gasteiger partial charge in [-0.25, -0.2) is 9.59 Å². The van der Waals surface area contributed by atoms with Crippen LogP contribution in [0, 0.1) is 0 Å². The van der Waals surface area contributed by atoms with Crippen LogP contribution in [0.15, 0.2) is 24.3 Å². The minimum Gasteiger partial charge on any atom is -0.480 e. The zero-order valence-electron chi connectivity index (χ0n) is 12.6. The number of urea groups is 1. The Bertz CT molecular complexity index is 476. The van der Waals surface area contributed by atoms with Gasteiger partial charge in [0.25, 0.3) is 0 Å². The number of nitrogens with one attached hydrogen (secondary N) is 1. The minimum atomic E-state index is -1.01. The van der Waals surface area contributed by atoms with Gasteiger partial charge in [0.2, 0.25) is 0 Å². The van der Waals surface area contributed by atoms with Gasteiger partial charge in [-0.15, -0.1) is 0 Å². The molecule has 6 heteroatoms. The van der Waals surface area contributed by atoms with Gasteiger partial charge in [0.15, 0.2) is 0 Å². The highest BCUT2D eigenvalue weighted by Crippen LogP contribution is 2.14. The lowest BCUT2D eigenvalue weighted by Crippen LogP contribution is -2.47. The van der Waals surface area contributed by atoms with Crippen molar-refractivity contribution in [2.75, 3.05) is 24.0 Å². The van der Waals surface area contributed by atoms with Crippen LogP contribution in [0.1, 0.15) is 18.9 Å². The Morgan fingerprint density at radius 3 is 2.43 bits per heavy atom. The molecule has 0 aromatic heterocycles. The highest BCUT2D eigenvalue weighted by Gasteiger charge is 2.21. The van der Waals surface area contributed by atoms with Gasteiger partial charge in [-0.1, -0.05) is 19.1 Å². The highest BCUT2D eigenvalue weighted by molar-refractivity contribution is 7.98.